The number of amides is 1. The number of nitrogens with zero attached hydrogens (tertiary/aromatic N) is 3. The van der Waals surface area contributed by atoms with E-state index in [1.54, 1.807) is 20.1 Å². The van der Waals surface area contributed by atoms with Crippen LogP contribution in [-0.2, 0) is 17.8 Å². The minimum Gasteiger partial charge on any atom is -0.497 e. The monoisotopic (exact) mass is 442 g/mol. The van der Waals surface area contributed by atoms with Gasteiger partial charge in [-0.25, -0.2) is 4.39 Å². The number of carbonyl (C=O) groups is 1. The van der Waals surface area contributed by atoms with Gasteiger partial charge in [0.2, 0.25) is 5.91 Å². The summed E-state index contributed by atoms with van der Waals surface area (Å²) in [6, 6.07) is 12.2. The number of hydrogen-bond donors (Lipinski definition) is 1. The lowest BCUT2D eigenvalue weighted by Gasteiger charge is -2.13. The molecule has 164 valence electrons. The number of thioether (sulfide) groups is 1. The van der Waals surface area contributed by atoms with Crippen molar-refractivity contribution in [2.24, 2.45) is 5.92 Å². The van der Waals surface area contributed by atoms with Gasteiger partial charge >= 0.3 is 0 Å². The van der Waals surface area contributed by atoms with Crippen molar-refractivity contribution < 1.29 is 13.9 Å². The highest BCUT2D eigenvalue weighted by Gasteiger charge is 2.16. The van der Waals surface area contributed by atoms with E-state index in [1.165, 1.54) is 23.9 Å². The van der Waals surface area contributed by atoms with Crippen LogP contribution in [-0.4, -0.2) is 33.5 Å². The van der Waals surface area contributed by atoms with Crippen molar-refractivity contribution in [1.82, 2.24) is 14.8 Å². The Bertz CT molecular complexity index is 1030. The molecular weight excluding hydrogens is 415 g/mol. The Kier molecular flexibility index (Phi) is 7.68. The van der Waals surface area contributed by atoms with E-state index in [2.05, 4.69) is 33.9 Å². The first-order valence-electron chi connectivity index (χ1n) is 10.1. The molecule has 2 aromatic carbocycles. The van der Waals surface area contributed by atoms with Gasteiger partial charge in [0, 0.05) is 18.7 Å². The maximum atomic E-state index is 13.3. The van der Waals surface area contributed by atoms with Crippen LogP contribution in [0.25, 0.3) is 0 Å². The Balaban J connectivity index is 1.69. The van der Waals surface area contributed by atoms with Gasteiger partial charge in [0.25, 0.3) is 0 Å². The molecule has 1 N–H and O–H groups in total. The Morgan fingerprint density at radius 3 is 2.58 bits per heavy atom. The molecule has 0 aliphatic heterocycles. The molecule has 8 heteroatoms. The largest absolute Gasteiger partial charge is 0.497 e. The molecule has 0 radical (unpaired) electrons. The van der Waals surface area contributed by atoms with Crippen LogP contribution in [0.4, 0.5) is 10.1 Å². The summed E-state index contributed by atoms with van der Waals surface area (Å²) in [5.41, 5.74) is 2.40. The standard InChI is InChI=1S/C23H27FN4O2S/c1-15(2)13-28-21(12-17-5-8-19(30-4)9-6-17)26-27-23(28)31-14-22(29)25-20-10-7-18(24)11-16(20)3/h5-11,15H,12-14H2,1-4H3,(H,25,29). The second-order valence-corrected chi connectivity index (χ2v) is 8.67. The van der Waals surface area contributed by atoms with Gasteiger partial charge in [-0.2, -0.15) is 0 Å². The molecule has 1 heterocycles. The fraction of sp³-hybridized carbons (Fsp3) is 0.348. The van der Waals surface area contributed by atoms with Gasteiger partial charge in [-0.15, -0.1) is 10.2 Å². The van der Waals surface area contributed by atoms with Crippen LogP contribution < -0.4 is 10.1 Å². The molecule has 1 aromatic heterocycles. The first kappa shape index (κ1) is 22.8. The summed E-state index contributed by atoms with van der Waals surface area (Å²) in [6.07, 6.45) is 0.644. The number of nitrogens with one attached hydrogen (secondary N) is 1. The Morgan fingerprint density at radius 1 is 1.19 bits per heavy atom. The summed E-state index contributed by atoms with van der Waals surface area (Å²) < 4.78 is 20.6. The maximum absolute atomic E-state index is 13.3. The van der Waals surface area contributed by atoms with Crippen molar-refractivity contribution in [2.75, 3.05) is 18.2 Å². The van der Waals surface area contributed by atoms with E-state index in [0.717, 1.165) is 23.7 Å². The smallest absolute Gasteiger partial charge is 0.234 e. The normalized spacial score (nSPS) is 11.0. The van der Waals surface area contributed by atoms with Crippen LogP contribution in [0.1, 0.15) is 30.8 Å². The molecule has 1 amide bonds. The third-order valence-corrected chi connectivity index (χ3v) is 5.62. The number of rotatable bonds is 9. The number of aryl methyl sites for hydroxylation is 1. The van der Waals surface area contributed by atoms with Crippen molar-refractivity contribution in [2.45, 2.75) is 38.9 Å². The molecule has 0 saturated heterocycles. The number of methoxy groups -OCH3 is 1. The summed E-state index contributed by atoms with van der Waals surface area (Å²) in [7, 11) is 1.64. The van der Waals surface area contributed by atoms with Crippen molar-refractivity contribution in [3.05, 3.63) is 65.2 Å². The average molecular weight is 443 g/mol. The van der Waals surface area contributed by atoms with E-state index in [1.807, 2.05) is 24.3 Å². The molecule has 0 aliphatic carbocycles. The van der Waals surface area contributed by atoms with Crippen LogP contribution in [0, 0.1) is 18.7 Å². The van der Waals surface area contributed by atoms with Gasteiger partial charge in [-0.1, -0.05) is 37.7 Å². The van der Waals surface area contributed by atoms with Crippen molar-refractivity contribution in [3.8, 4) is 5.75 Å². The highest BCUT2D eigenvalue weighted by Crippen LogP contribution is 2.22. The number of ether oxygens (including phenoxy) is 1. The van der Waals surface area contributed by atoms with Gasteiger partial charge in [0.05, 0.1) is 12.9 Å². The number of halogens is 1. The van der Waals surface area contributed by atoms with Gasteiger partial charge in [-0.05, 0) is 54.3 Å². The molecule has 3 rings (SSSR count). The zero-order valence-electron chi connectivity index (χ0n) is 18.2. The fourth-order valence-electron chi connectivity index (χ4n) is 3.11. The van der Waals surface area contributed by atoms with Crippen LogP contribution in [0.5, 0.6) is 5.75 Å². The lowest BCUT2D eigenvalue weighted by Crippen LogP contribution is -2.16. The third-order valence-electron chi connectivity index (χ3n) is 4.66. The van der Waals surface area contributed by atoms with Crippen molar-refractivity contribution >= 4 is 23.4 Å². The van der Waals surface area contributed by atoms with Gasteiger partial charge in [-0.3, -0.25) is 4.79 Å². The number of anilines is 1. The maximum Gasteiger partial charge on any atom is 0.234 e. The average Bonchev–Trinajstić information content (AvgIpc) is 3.09. The van der Waals surface area contributed by atoms with E-state index in [0.29, 0.717) is 28.7 Å². The third kappa shape index (κ3) is 6.30. The van der Waals surface area contributed by atoms with Crippen LogP contribution in [0.3, 0.4) is 0 Å². The minimum absolute atomic E-state index is 0.171. The van der Waals surface area contributed by atoms with E-state index >= 15 is 0 Å². The van der Waals surface area contributed by atoms with Crippen LogP contribution >= 0.6 is 11.8 Å². The zero-order valence-corrected chi connectivity index (χ0v) is 19.0. The zero-order chi connectivity index (χ0) is 22.4. The molecule has 0 fully saturated rings. The van der Waals surface area contributed by atoms with E-state index in [9.17, 15) is 9.18 Å². The summed E-state index contributed by atoms with van der Waals surface area (Å²) in [4.78, 5) is 12.4. The lowest BCUT2D eigenvalue weighted by atomic mass is 10.1. The number of hydrogen-bond acceptors (Lipinski definition) is 5. The second-order valence-electron chi connectivity index (χ2n) is 7.72. The highest BCUT2D eigenvalue weighted by atomic mass is 32.2. The van der Waals surface area contributed by atoms with Crippen LogP contribution in [0.15, 0.2) is 47.6 Å². The van der Waals surface area contributed by atoms with E-state index in [4.69, 9.17) is 4.74 Å². The topological polar surface area (TPSA) is 69.0 Å². The Hall–Kier alpha value is -2.87. The molecular formula is C23H27FN4O2S. The summed E-state index contributed by atoms with van der Waals surface area (Å²) in [5, 5.41) is 12.3. The molecule has 31 heavy (non-hydrogen) atoms. The van der Waals surface area contributed by atoms with Crippen molar-refractivity contribution in [3.63, 3.8) is 0 Å². The summed E-state index contributed by atoms with van der Waals surface area (Å²) in [6.45, 7) is 6.79. The molecule has 6 nitrogen and oxygen atoms in total. The minimum atomic E-state index is -0.323. The molecule has 0 atom stereocenters. The van der Waals surface area contributed by atoms with Gasteiger partial charge in [0.15, 0.2) is 5.16 Å². The quantitative estimate of drug-likeness (QED) is 0.486. The Morgan fingerprint density at radius 2 is 1.94 bits per heavy atom. The lowest BCUT2D eigenvalue weighted by molar-refractivity contribution is -0.113. The van der Waals surface area contributed by atoms with Gasteiger partial charge in [0.1, 0.15) is 17.4 Å². The Labute approximate surface area is 186 Å². The number of aromatic nitrogens is 3. The van der Waals surface area contributed by atoms with E-state index in [-0.39, 0.29) is 17.5 Å². The van der Waals surface area contributed by atoms with E-state index < -0.39 is 0 Å². The predicted molar refractivity (Wildman–Crippen MR) is 121 cm³/mol. The molecule has 3 aromatic rings. The molecule has 0 spiro atoms. The molecule has 0 saturated carbocycles. The molecule has 0 aliphatic rings. The second kappa shape index (κ2) is 10.4. The molecule has 0 bridgehead atoms. The van der Waals surface area contributed by atoms with Gasteiger partial charge < -0.3 is 14.6 Å². The first-order chi connectivity index (χ1) is 14.9. The molecule has 0 unspecified atom stereocenters. The van der Waals surface area contributed by atoms with Crippen LogP contribution in [0.2, 0.25) is 0 Å². The predicted octanol–water partition coefficient (Wildman–Crippen LogP) is 4.71. The SMILES string of the molecule is COc1ccc(Cc2nnc(SCC(=O)Nc3ccc(F)cc3C)n2CC(C)C)cc1. The first-order valence-corrected chi connectivity index (χ1v) is 11.1. The number of carbonyl (C=O) groups excluding carboxylic acids is 1. The highest BCUT2D eigenvalue weighted by molar-refractivity contribution is 7.99. The summed E-state index contributed by atoms with van der Waals surface area (Å²) >= 11 is 1.35. The van der Waals surface area contributed by atoms with Crippen molar-refractivity contribution in [1.29, 1.82) is 0 Å². The number of benzene rings is 2. The fourth-order valence-corrected chi connectivity index (χ4v) is 3.88. The summed E-state index contributed by atoms with van der Waals surface area (Å²) in [5.74, 6) is 1.77.